The van der Waals surface area contributed by atoms with Crippen LogP contribution in [0.3, 0.4) is 0 Å². The van der Waals surface area contributed by atoms with Gasteiger partial charge in [0.2, 0.25) is 5.89 Å². The Labute approximate surface area is 193 Å². The molecular weight excluding hydrogens is 456 g/mol. The summed E-state index contributed by atoms with van der Waals surface area (Å²) in [6.45, 7) is 0.473. The quantitative estimate of drug-likeness (QED) is 0.400. The molecule has 11 heteroatoms. The van der Waals surface area contributed by atoms with Crippen molar-refractivity contribution in [3.8, 4) is 11.5 Å². The van der Waals surface area contributed by atoms with Crippen LogP contribution in [0, 0.1) is 0 Å². The fraction of sp³-hybridized carbons (Fsp3) is 0.136. The van der Waals surface area contributed by atoms with Gasteiger partial charge in [-0.3, -0.25) is 4.79 Å². The molecule has 1 aliphatic heterocycles. The minimum absolute atomic E-state index is 0.0582. The van der Waals surface area contributed by atoms with Gasteiger partial charge in [0.15, 0.2) is 0 Å². The van der Waals surface area contributed by atoms with Crippen LogP contribution in [0.5, 0.6) is 0 Å². The number of amides is 1. The highest BCUT2D eigenvalue weighted by atomic mass is 31.0. The van der Waals surface area contributed by atoms with Crippen LogP contribution in [0.15, 0.2) is 59.4 Å². The number of benzene rings is 1. The molecule has 5 aromatic rings. The summed E-state index contributed by atoms with van der Waals surface area (Å²) >= 11 is 0. The van der Waals surface area contributed by atoms with E-state index in [1.54, 1.807) is 15.7 Å². The first kappa shape index (κ1) is 20.2. The van der Waals surface area contributed by atoms with E-state index in [2.05, 4.69) is 38.6 Å². The molecule has 3 atom stereocenters. The van der Waals surface area contributed by atoms with Crippen molar-refractivity contribution >= 4 is 40.5 Å². The predicted octanol–water partition coefficient (Wildman–Crippen LogP) is 1.90. The molecule has 1 amide bonds. The fourth-order valence-corrected chi connectivity index (χ4v) is 5.08. The van der Waals surface area contributed by atoms with Crippen molar-refractivity contribution in [2.45, 2.75) is 12.5 Å². The molecule has 2 unspecified atom stereocenters. The summed E-state index contributed by atoms with van der Waals surface area (Å²) < 4.78 is 7.62. The molecule has 0 radical (unpaired) electrons. The van der Waals surface area contributed by atoms with Gasteiger partial charge in [-0.1, -0.05) is 12.1 Å². The van der Waals surface area contributed by atoms with E-state index in [4.69, 9.17) is 9.52 Å². The van der Waals surface area contributed by atoms with Gasteiger partial charge < -0.3 is 14.3 Å². The molecule has 33 heavy (non-hydrogen) atoms. The van der Waals surface area contributed by atoms with Gasteiger partial charge in [0.25, 0.3) is 0 Å². The van der Waals surface area contributed by atoms with E-state index >= 15 is 0 Å². The molecule has 0 fully saturated rings. The van der Waals surface area contributed by atoms with E-state index in [0.29, 0.717) is 18.9 Å². The van der Waals surface area contributed by atoms with Gasteiger partial charge in [-0.15, -0.1) is 28.7 Å². The lowest BCUT2D eigenvalue weighted by atomic mass is 9.99. The zero-order valence-electron chi connectivity index (χ0n) is 17.3. The molecule has 0 aliphatic carbocycles. The molecule has 0 saturated heterocycles. The molecule has 0 saturated carbocycles. The number of aromatic nitrogens is 6. The topological polar surface area (TPSA) is 105 Å². The first-order valence-corrected chi connectivity index (χ1v) is 11.5. The van der Waals surface area contributed by atoms with Crippen LogP contribution in [-0.2, 0) is 6.42 Å². The van der Waals surface area contributed by atoms with Gasteiger partial charge in [0.1, 0.15) is 6.04 Å². The molecule has 0 bridgehead atoms. The standard InChI is InChI=1S/C22H19N7O2P2/c30-22(21-26-25-20(31-21)14-5-4-13(32)10-17(14)33)28-8-6-15-18(24-11-23-15)19(28)16-9-12-3-1-2-7-29(12)27-16/h1-5,7,9-11,19H,6,8,32-33H2,(H,23,24)/t19-/m1/s1. The lowest BCUT2D eigenvalue weighted by molar-refractivity contribution is 0.0646. The average molecular weight is 475 g/mol. The SMILES string of the molecule is O=C(c1nnc(-c2ccc(P)cc2P)o1)N1CCc2[nH]cnc2[C@H]1c1cc2ccccn2n1. The molecule has 1 N–H and O–H groups in total. The molecule has 4 aromatic heterocycles. The normalized spacial score (nSPS) is 15.7. The Kier molecular flexibility index (Phi) is 4.82. The second kappa shape index (κ2) is 7.87. The highest BCUT2D eigenvalue weighted by Crippen LogP contribution is 2.34. The first-order valence-electron chi connectivity index (χ1n) is 10.3. The Morgan fingerprint density at radius 1 is 1.15 bits per heavy atom. The highest BCUT2D eigenvalue weighted by molar-refractivity contribution is 7.29. The van der Waals surface area contributed by atoms with Crippen molar-refractivity contribution in [3.05, 3.63) is 78.0 Å². The maximum Gasteiger partial charge on any atom is 0.312 e. The van der Waals surface area contributed by atoms with Crippen LogP contribution in [0.2, 0.25) is 0 Å². The Balaban J connectivity index is 1.39. The summed E-state index contributed by atoms with van der Waals surface area (Å²) in [6.07, 6.45) is 4.18. The van der Waals surface area contributed by atoms with Crippen LogP contribution in [0.25, 0.3) is 17.0 Å². The van der Waals surface area contributed by atoms with E-state index in [1.165, 1.54) is 0 Å². The van der Waals surface area contributed by atoms with Gasteiger partial charge in [-0.05, 0) is 40.9 Å². The third-order valence-corrected chi connectivity index (χ3v) is 6.61. The van der Waals surface area contributed by atoms with Crippen LogP contribution in [0.4, 0.5) is 0 Å². The minimum atomic E-state index is -0.462. The van der Waals surface area contributed by atoms with Crippen molar-refractivity contribution < 1.29 is 9.21 Å². The van der Waals surface area contributed by atoms with Crippen LogP contribution in [-0.4, -0.2) is 47.1 Å². The number of nitrogens with zero attached hydrogens (tertiary/aromatic N) is 6. The van der Waals surface area contributed by atoms with Crippen LogP contribution < -0.4 is 10.6 Å². The second-order valence-electron chi connectivity index (χ2n) is 7.82. The van der Waals surface area contributed by atoms with Crippen LogP contribution >= 0.6 is 18.5 Å². The van der Waals surface area contributed by atoms with E-state index in [9.17, 15) is 4.79 Å². The third kappa shape index (κ3) is 3.45. The molecule has 1 aromatic carbocycles. The maximum absolute atomic E-state index is 13.6. The number of nitrogens with one attached hydrogen (secondary N) is 1. The van der Waals surface area contributed by atoms with Crippen molar-refractivity contribution in [2.24, 2.45) is 0 Å². The molecule has 9 nitrogen and oxygen atoms in total. The van der Waals surface area contributed by atoms with Gasteiger partial charge >= 0.3 is 11.8 Å². The number of imidazole rings is 1. The first-order chi connectivity index (χ1) is 16.1. The summed E-state index contributed by atoms with van der Waals surface area (Å²) in [7, 11) is 5.31. The number of carbonyl (C=O) groups excluding carboxylic acids is 1. The molecule has 5 heterocycles. The summed E-state index contributed by atoms with van der Waals surface area (Å²) in [5, 5.41) is 14.9. The van der Waals surface area contributed by atoms with Gasteiger partial charge in [0.05, 0.1) is 23.2 Å². The molecule has 0 spiro atoms. The summed E-state index contributed by atoms with van der Waals surface area (Å²) in [4.78, 5) is 23.0. The van der Waals surface area contributed by atoms with Crippen molar-refractivity contribution in [3.63, 3.8) is 0 Å². The minimum Gasteiger partial charge on any atom is -0.412 e. The number of hydrogen-bond donors (Lipinski definition) is 1. The van der Waals surface area contributed by atoms with Crippen molar-refractivity contribution in [2.75, 3.05) is 6.54 Å². The van der Waals surface area contributed by atoms with Crippen molar-refractivity contribution in [1.29, 1.82) is 0 Å². The third-order valence-electron chi connectivity index (χ3n) is 5.77. The predicted molar refractivity (Wildman–Crippen MR) is 129 cm³/mol. The zero-order valence-corrected chi connectivity index (χ0v) is 19.7. The Morgan fingerprint density at radius 2 is 2.06 bits per heavy atom. The molecular formula is C22H19N7O2P2. The Morgan fingerprint density at radius 3 is 2.91 bits per heavy atom. The average Bonchev–Trinajstić information content (AvgIpc) is 3.56. The smallest absolute Gasteiger partial charge is 0.312 e. The number of fused-ring (bicyclic) bond motifs is 2. The monoisotopic (exact) mass is 475 g/mol. The number of pyridine rings is 1. The summed E-state index contributed by atoms with van der Waals surface area (Å²) in [5.41, 5.74) is 4.21. The fourth-order valence-electron chi connectivity index (χ4n) is 4.20. The summed E-state index contributed by atoms with van der Waals surface area (Å²) in [6, 6.07) is 13.1. The molecule has 1 aliphatic rings. The number of hydrogen-bond acceptors (Lipinski definition) is 6. The van der Waals surface area contributed by atoms with E-state index in [1.807, 2.05) is 48.7 Å². The molecule has 164 valence electrons. The lowest BCUT2D eigenvalue weighted by Crippen LogP contribution is -2.41. The lowest BCUT2D eigenvalue weighted by Gasteiger charge is -2.32. The highest BCUT2D eigenvalue weighted by Gasteiger charge is 2.38. The zero-order chi connectivity index (χ0) is 22.5. The maximum atomic E-state index is 13.6. The Hall–Kier alpha value is -3.41. The van der Waals surface area contributed by atoms with Gasteiger partial charge in [-0.25, -0.2) is 9.50 Å². The van der Waals surface area contributed by atoms with E-state index in [0.717, 1.165) is 38.8 Å². The largest absolute Gasteiger partial charge is 0.412 e. The van der Waals surface area contributed by atoms with E-state index < -0.39 is 6.04 Å². The second-order valence-corrected chi connectivity index (χ2v) is 9.10. The van der Waals surface area contributed by atoms with Crippen molar-refractivity contribution in [1.82, 2.24) is 34.7 Å². The van der Waals surface area contributed by atoms with E-state index in [-0.39, 0.29) is 11.8 Å². The summed E-state index contributed by atoms with van der Waals surface area (Å²) in [5.74, 6) is -0.107. The van der Waals surface area contributed by atoms with Crippen LogP contribution in [0.1, 0.15) is 33.8 Å². The molecule has 6 rings (SSSR count). The van der Waals surface area contributed by atoms with Gasteiger partial charge in [-0.2, -0.15) is 5.10 Å². The Bertz CT molecular complexity index is 1470. The number of carbonyl (C=O) groups is 1. The number of rotatable bonds is 3. The number of H-pyrrole nitrogens is 1. The van der Waals surface area contributed by atoms with Gasteiger partial charge in [0, 0.05) is 30.4 Å². The number of aromatic amines is 1.